The number of hydrogen-bond donors (Lipinski definition) is 3. The zero-order valence-corrected chi connectivity index (χ0v) is 20.5. The molecule has 184 valence electrons. The Hall–Kier alpha value is -2.77. The molecule has 0 radical (unpaired) electrons. The molecule has 1 amide bonds. The molecular formula is C25H40N4O4. The summed E-state index contributed by atoms with van der Waals surface area (Å²) in [5, 5.41) is 9.78. The molecule has 1 aliphatic rings. The molecule has 2 rings (SSSR count). The first-order chi connectivity index (χ1) is 15.6. The second-order valence-electron chi connectivity index (χ2n) is 9.56. The molecule has 0 saturated carbocycles. The van der Waals surface area contributed by atoms with E-state index in [1.54, 1.807) is 4.90 Å². The summed E-state index contributed by atoms with van der Waals surface area (Å²) in [6, 6.07) is 4.85. The van der Waals surface area contributed by atoms with Crippen molar-refractivity contribution in [3.05, 3.63) is 23.8 Å². The topological polar surface area (TPSA) is 131 Å². The van der Waals surface area contributed by atoms with Crippen LogP contribution in [-0.4, -0.2) is 39.5 Å². The summed E-state index contributed by atoms with van der Waals surface area (Å²) >= 11 is 0. The molecule has 0 bridgehead atoms. The Bertz CT molecular complexity index is 855. The summed E-state index contributed by atoms with van der Waals surface area (Å²) in [6.45, 7) is 8.28. The molecule has 8 heteroatoms. The molecule has 2 unspecified atom stereocenters. The Morgan fingerprint density at radius 2 is 1.91 bits per heavy atom. The number of rotatable bonds is 14. The number of ether oxygens (including phenoxy) is 1. The van der Waals surface area contributed by atoms with Gasteiger partial charge in [0.1, 0.15) is 17.4 Å². The van der Waals surface area contributed by atoms with Crippen molar-refractivity contribution in [1.29, 1.82) is 0 Å². The van der Waals surface area contributed by atoms with Crippen molar-refractivity contribution >= 4 is 23.5 Å². The molecule has 1 heterocycles. The third-order valence-corrected chi connectivity index (χ3v) is 6.23. The second-order valence-corrected chi connectivity index (χ2v) is 9.56. The lowest BCUT2D eigenvalue weighted by Crippen LogP contribution is -2.51. The smallest absolute Gasteiger partial charge is 0.326 e. The second kappa shape index (κ2) is 11.9. The number of amides is 1. The van der Waals surface area contributed by atoms with Gasteiger partial charge in [0.05, 0.1) is 12.2 Å². The molecule has 1 aromatic rings. The molecule has 8 nitrogen and oxygen atoms in total. The highest BCUT2D eigenvalue weighted by atomic mass is 16.5. The van der Waals surface area contributed by atoms with Crippen LogP contribution in [0, 0.1) is 5.92 Å². The molecule has 2 atom stereocenters. The Balaban J connectivity index is 2.31. The maximum atomic E-state index is 11.9. The predicted octanol–water partition coefficient (Wildman–Crippen LogP) is 4.32. The highest BCUT2D eigenvalue weighted by Gasteiger charge is 2.35. The van der Waals surface area contributed by atoms with E-state index in [1.165, 1.54) is 6.42 Å². The number of carbonyl (C=O) groups is 2. The van der Waals surface area contributed by atoms with Gasteiger partial charge in [-0.15, -0.1) is 0 Å². The molecular weight excluding hydrogens is 420 g/mol. The van der Waals surface area contributed by atoms with Crippen molar-refractivity contribution < 1.29 is 19.4 Å². The SMILES string of the molecule is CCCCCCC(C)(CCCC(N)=O)Oc1cccc2c1CN(C(C(=O)O)C(C)C)C(N)=N2. The van der Waals surface area contributed by atoms with Gasteiger partial charge in [-0.2, -0.15) is 0 Å². The Kier molecular flexibility index (Phi) is 9.56. The molecule has 1 aromatic carbocycles. The van der Waals surface area contributed by atoms with Crippen molar-refractivity contribution in [3.63, 3.8) is 0 Å². The largest absolute Gasteiger partial charge is 0.487 e. The molecule has 5 N–H and O–H groups in total. The zero-order valence-electron chi connectivity index (χ0n) is 20.5. The Morgan fingerprint density at radius 1 is 1.21 bits per heavy atom. The van der Waals surface area contributed by atoms with E-state index in [4.69, 9.17) is 16.2 Å². The first kappa shape index (κ1) is 26.5. The number of hydrogen-bond acceptors (Lipinski definition) is 6. The van der Waals surface area contributed by atoms with Crippen molar-refractivity contribution in [2.45, 2.75) is 97.2 Å². The standard InChI is InChI=1S/C25H40N4O4/c1-5-6-7-8-14-25(4,15-10-13-21(26)30)33-20-12-9-11-19-18(20)16-29(24(27)28-19)22(17(2)3)23(31)32/h9,11-12,17,22H,5-8,10,13-16H2,1-4H3,(H2,26,30)(H2,27,28)(H,31,32). The summed E-state index contributed by atoms with van der Waals surface area (Å²) in [4.78, 5) is 29.3. The number of nitrogens with zero attached hydrogens (tertiary/aromatic N) is 2. The van der Waals surface area contributed by atoms with Crippen LogP contribution in [0.15, 0.2) is 23.2 Å². The average molecular weight is 461 g/mol. The Labute approximate surface area is 197 Å². The number of nitrogens with two attached hydrogens (primary N) is 2. The minimum atomic E-state index is -0.933. The summed E-state index contributed by atoms with van der Waals surface area (Å²) < 4.78 is 6.61. The number of fused-ring (bicyclic) bond motifs is 1. The lowest BCUT2D eigenvalue weighted by Gasteiger charge is -2.37. The van der Waals surface area contributed by atoms with Gasteiger partial charge in [0, 0.05) is 12.0 Å². The first-order valence-corrected chi connectivity index (χ1v) is 12.0. The van der Waals surface area contributed by atoms with Gasteiger partial charge in [-0.3, -0.25) is 4.79 Å². The van der Waals surface area contributed by atoms with E-state index >= 15 is 0 Å². The number of aliphatic carboxylic acids is 1. The van der Waals surface area contributed by atoms with Gasteiger partial charge in [-0.1, -0.05) is 46.1 Å². The number of carboxylic acids is 1. The third kappa shape index (κ3) is 7.37. The number of guanidine groups is 1. The highest BCUT2D eigenvalue weighted by molar-refractivity contribution is 5.88. The molecule has 0 aliphatic carbocycles. The van der Waals surface area contributed by atoms with Crippen molar-refractivity contribution in [2.24, 2.45) is 22.4 Å². The van der Waals surface area contributed by atoms with Crippen LogP contribution in [-0.2, 0) is 16.1 Å². The third-order valence-electron chi connectivity index (χ3n) is 6.23. The van der Waals surface area contributed by atoms with E-state index in [-0.39, 0.29) is 17.8 Å². The number of carbonyl (C=O) groups excluding carboxylic acids is 1. The number of unbranched alkanes of at least 4 members (excludes halogenated alkanes) is 3. The number of primary amides is 1. The van der Waals surface area contributed by atoms with Gasteiger partial charge in [-0.25, -0.2) is 9.79 Å². The van der Waals surface area contributed by atoms with Crippen LogP contribution < -0.4 is 16.2 Å². The quantitative estimate of drug-likeness (QED) is 0.354. The number of aliphatic imine (C=N–C) groups is 1. The van der Waals surface area contributed by atoms with E-state index in [0.29, 0.717) is 37.2 Å². The van der Waals surface area contributed by atoms with Gasteiger partial charge < -0.3 is 26.2 Å². The van der Waals surface area contributed by atoms with E-state index in [9.17, 15) is 14.7 Å². The molecule has 0 saturated heterocycles. The van der Waals surface area contributed by atoms with E-state index in [1.807, 2.05) is 32.0 Å². The van der Waals surface area contributed by atoms with Gasteiger partial charge in [0.2, 0.25) is 5.91 Å². The van der Waals surface area contributed by atoms with E-state index < -0.39 is 17.6 Å². The van der Waals surface area contributed by atoms with Gasteiger partial charge >= 0.3 is 5.97 Å². The van der Waals surface area contributed by atoms with E-state index in [0.717, 1.165) is 31.2 Å². The predicted molar refractivity (Wildman–Crippen MR) is 130 cm³/mol. The molecule has 33 heavy (non-hydrogen) atoms. The normalized spacial score (nSPS) is 16.0. The molecule has 0 aromatic heterocycles. The van der Waals surface area contributed by atoms with Crippen molar-refractivity contribution in [2.75, 3.05) is 0 Å². The van der Waals surface area contributed by atoms with Crippen LogP contribution >= 0.6 is 0 Å². The van der Waals surface area contributed by atoms with Crippen LogP contribution in [0.2, 0.25) is 0 Å². The van der Waals surface area contributed by atoms with Crippen LogP contribution in [0.25, 0.3) is 0 Å². The van der Waals surface area contributed by atoms with Crippen LogP contribution in [0.5, 0.6) is 5.75 Å². The lowest BCUT2D eigenvalue weighted by molar-refractivity contribution is -0.143. The van der Waals surface area contributed by atoms with Gasteiger partial charge in [0.25, 0.3) is 0 Å². The number of benzene rings is 1. The first-order valence-electron chi connectivity index (χ1n) is 12.0. The minimum Gasteiger partial charge on any atom is -0.487 e. The summed E-state index contributed by atoms with van der Waals surface area (Å²) in [5.41, 5.74) is 12.6. The van der Waals surface area contributed by atoms with Crippen LogP contribution in [0.1, 0.15) is 84.6 Å². The molecule has 0 spiro atoms. The van der Waals surface area contributed by atoms with Gasteiger partial charge in [-0.05, 0) is 50.7 Å². The average Bonchev–Trinajstić information content (AvgIpc) is 2.71. The zero-order chi connectivity index (χ0) is 24.6. The fourth-order valence-corrected chi connectivity index (χ4v) is 4.43. The van der Waals surface area contributed by atoms with Crippen LogP contribution in [0.4, 0.5) is 5.69 Å². The fraction of sp³-hybridized carbons (Fsp3) is 0.640. The summed E-state index contributed by atoms with van der Waals surface area (Å²) in [5.74, 6) is -0.516. The summed E-state index contributed by atoms with van der Waals surface area (Å²) in [7, 11) is 0. The fourth-order valence-electron chi connectivity index (χ4n) is 4.43. The van der Waals surface area contributed by atoms with E-state index in [2.05, 4.69) is 18.8 Å². The molecule has 1 aliphatic heterocycles. The maximum absolute atomic E-state index is 11.9. The number of carboxylic acid groups (broad SMARTS) is 1. The summed E-state index contributed by atoms with van der Waals surface area (Å²) in [6.07, 6.45) is 7.01. The van der Waals surface area contributed by atoms with Crippen LogP contribution in [0.3, 0.4) is 0 Å². The maximum Gasteiger partial charge on any atom is 0.326 e. The molecule has 0 fully saturated rings. The van der Waals surface area contributed by atoms with Crippen molar-refractivity contribution in [3.8, 4) is 5.75 Å². The highest BCUT2D eigenvalue weighted by Crippen LogP contribution is 2.38. The monoisotopic (exact) mass is 460 g/mol. The minimum absolute atomic E-state index is 0.150. The van der Waals surface area contributed by atoms with Gasteiger partial charge in [0.15, 0.2) is 5.96 Å². The lowest BCUT2D eigenvalue weighted by atomic mass is 9.91. The van der Waals surface area contributed by atoms with Crippen molar-refractivity contribution in [1.82, 2.24) is 4.90 Å². The Morgan fingerprint density at radius 3 is 2.52 bits per heavy atom.